The lowest BCUT2D eigenvalue weighted by atomic mass is 10.2. The number of hydrogen-bond acceptors (Lipinski definition) is 3. The van der Waals surface area contributed by atoms with Crippen LogP contribution in [0.1, 0.15) is 42.2 Å². The van der Waals surface area contributed by atoms with E-state index in [1.165, 1.54) is 25.9 Å². The zero-order valence-electron chi connectivity index (χ0n) is 12.1. The molecule has 1 amide bonds. The Kier molecular flexibility index (Phi) is 5.19. The molecule has 0 saturated carbocycles. The molecule has 2 heterocycles. The largest absolute Gasteiger partial charge is 0.352 e. The average molecular weight is 274 g/mol. The molecule has 20 heavy (non-hydrogen) atoms. The Morgan fingerprint density at radius 2 is 2.25 bits per heavy atom. The first kappa shape index (κ1) is 14.6. The highest BCUT2D eigenvalue weighted by Crippen LogP contribution is 2.10. The minimum absolute atomic E-state index is 0.00618. The normalized spacial score (nSPS) is 15.2. The third-order valence-electron chi connectivity index (χ3n) is 3.82. The molecule has 1 fully saturated rings. The van der Waals surface area contributed by atoms with Gasteiger partial charge >= 0.3 is 0 Å². The van der Waals surface area contributed by atoms with Crippen molar-refractivity contribution in [3.05, 3.63) is 23.5 Å². The van der Waals surface area contributed by atoms with Gasteiger partial charge in [0.05, 0.1) is 5.56 Å². The fraction of sp³-hybridized carbons (Fsp3) is 0.600. The van der Waals surface area contributed by atoms with Gasteiger partial charge in [-0.1, -0.05) is 0 Å². The van der Waals surface area contributed by atoms with Crippen LogP contribution >= 0.6 is 0 Å². The van der Waals surface area contributed by atoms with Crippen LogP contribution in [0.5, 0.6) is 0 Å². The Morgan fingerprint density at radius 3 is 2.85 bits per heavy atom. The molecule has 0 atom stereocenters. The summed E-state index contributed by atoms with van der Waals surface area (Å²) in [6, 6.07) is 3.62. The summed E-state index contributed by atoms with van der Waals surface area (Å²) in [6.45, 7) is 6.93. The second kappa shape index (κ2) is 7.11. The fourth-order valence-corrected chi connectivity index (χ4v) is 2.66. The Balaban J connectivity index is 1.83. The Labute approximate surface area is 120 Å². The summed E-state index contributed by atoms with van der Waals surface area (Å²) < 4.78 is 0. The highest BCUT2D eigenvalue weighted by Gasteiger charge is 2.16. The number of rotatable bonds is 6. The van der Waals surface area contributed by atoms with Crippen molar-refractivity contribution >= 4 is 5.91 Å². The van der Waals surface area contributed by atoms with Gasteiger partial charge in [-0.15, -0.1) is 0 Å². The zero-order chi connectivity index (χ0) is 14.4. The van der Waals surface area contributed by atoms with Crippen molar-refractivity contribution in [3.8, 4) is 6.07 Å². The number of nitriles is 1. The molecule has 2 rings (SSSR count). The van der Waals surface area contributed by atoms with Crippen LogP contribution in [0, 0.1) is 11.3 Å². The lowest BCUT2D eigenvalue weighted by molar-refractivity contribution is 0.0758. The van der Waals surface area contributed by atoms with Gasteiger partial charge in [-0.2, -0.15) is 5.26 Å². The SMILES string of the molecule is CCN(CCCN1CCCC1)C(=O)c1c[nH]c(C#N)c1. The standard InChI is InChI=1S/C15H22N4O/c1-2-19(9-5-8-18-6-3-4-7-18)15(20)13-10-14(11-16)17-12-13/h10,12,17H,2-9H2,1H3. The number of aromatic amines is 1. The number of H-pyrrole nitrogens is 1. The first-order valence-electron chi connectivity index (χ1n) is 7.34. The van der Waals surface area contributed by atoms with Crippen molar-refractivity contribution in [3.63, 3.8) is 0 Å². The Bertz CT molecular complexity index is 482. The molecule has 5 nitrogen and oxygen atoms in total. The molecule has 1 aliphatic heterocycles. The molecule has 0 aliphatic carbocycles. The minimum atomic E-state index is 0.00618. The average Bonchev–Trinajstić information content (AvgIpc) is 3.13. The van der Waals surface area contributed by atoms with E-state index in [4.69, 9.17) is 5.26 Å². The number of aromatic nitrogens is 1. The van der Waals surface area contributed by atoms with Gasteiger partial charge in [0.25, 0.3) is 5.91 Å². The van der Waals surface area contributed by atoms with Crippen molar-refractivity contribution in [2.24, 2.45) is 0 Å². The molecular formula is C15H22N4O. The van der Waals surface area contributed by atoms with Gasteiger partial charge in [0.2, 0.25) is 0 Å². The summed E-state index contributed by atoms with van der Waals surface area (Å²) in [6.07, 6.45) is 5.23. The number of nitrogens with one attached hydrogen (secondary N) is 1. The van der Waals surface area contributed by atoms with Crippen LogP contribution in [0.4, 0.5) is 0 Å². The first-order chi connectivity index (χ1) is 9.74. The molecule has 1 N–H and O–H groups in total. The maximum absolute atomic E-state index is 12.3. The Hall–Kier alpha value is -1.80. The predicted molar refractivity (Wildman–Crippen MR) is 77.4 cm³/mol. The molecule has 5 heteroatoms. The van der Waals surface area contributed by atoms with Gasteiger partial charge in [0.1, 0.15) is 11.8 Å². The van der Waals surface area contributed by atoms with Crippen LogP contribution in [0.25, 0.3) is 0 Å². The molecule has 1 saturated heterocycles. The lowest BCUT2D eigenvalue weighted by Crippen LogP contribution is -2.33. The molecule has 1 aliphatic rings. The van der Waals surface area contributed by atoms with Gasteiger partial charge in [-0.3, -0.25) is 4.79 Å². The van der Waals surface area contributed by atoms with E-state index in [0.717, 1.165) is 19.5 Å². The summed E-state index contributed by atoms with van der Waals surface area (Å²) in [7, 11) is 0. The van der Waals surface area contributed by atoms with Crippen molar-refractivity contribution in [2.75, 3.05) is 32.7 Å². The molecule has 0 unspecified atom stereocenters. The minimum Gasteiger partial charge on any atom is -0.352 e. The third kappa shape index (κ3) is 3.61. The molecule has 0 aromatic carbocycles. The summed E-state index contributed by atoms with van der Waals surface area (Å²) in [4.78, 5) is 19.4. The molecular weight excluding hydrogens is 252 g/mol. The van der Waals surface area contributed by atoms with Gasteiger partial charge in [-0.25, -0.2) is 0 Å². The second-order valence-electron chi connectivity index (χ2n) is 5.20. The van der Waals surface area contributed by atoms with Crippen LogP contribution in [0.15, 0.2) is 12.3 Å². The molecule has 0 spiro atoms. The molecule has 0 radical (unpaired) electrons. The monoisotopic (exact) mass is 274 g/mol. The highest BCUT2D eigenvalue weighted by atomic mass is 16.2. The van der Waals surface area contributed by atoms with E-state index in [1.54, 1.807) is 12.3 Å². The summed E-state index contributed by atoms with van der Waals surface area (Å²) in [5.41, 5.74) is 1.01. The Morgan fingerprint density at radius 1 is 1.50 bits per heavy atom. The predicted octanol–water partition coefficient (Wildman–Crippen LogP) is 1.83. The number of carbonyl (C=O) groups excluding carboxylic acids is 1. The van der Waals surface area contributed by atoms with E-state index in [9.17, 15) is 4.79 Å². The summed E-state index contributed by atoms with van der Waals surface area (Å²) in [5.74, 6) is 0.00618. The molecule has 0 bridgehead atoms. The fourth-order valence-electron chi connectivity index (χ4n) is 2.66. The smallest absolute Gasteiger partial charge is 0.255 e. The number of likely N-dealkylation sites (tertiary alicyclic amines) is 1. The van der Waals surface area contributed by atoms with Crippen molar-refractivity contribution < 1.29 is 4.79 Å². The highest BCUT2D eigenvalue weighted by molar-refractivity contribution is 5.94. The lowest BCUT2D eigenvalue weighted by Gasteiger charge is -2.22. The second-order valence-corrected chi connectivity index (χ2v) is 5.20. The summed E-state index contributed by atoms with van der Waals surface area (Å²) >= 11 is 0. The third-order valence-corrected chi connectivity index (χ3v) is 3.82. The zero-order valence-corrected chi connectivity index (χ0v) is 12.1. The van der Waals surface area contributed by atoms with E-state index in [1.807, 2.05) is 17.9 Å². The van der Waals surface area contributed by atoms with Crippen molar-refractivity contribution in [1.82, 2.24) is 14.8 Å². The van der Waals surface area contributed by atoms with Crippen LogP contribution in [0.2, 0.25) is 0 Å². The van der Waals surface area contributed by atoms with Crippen LogP contribution in [0.3, 0.4) is 0 Å². The van der Waals surface area contributed by atoms with Gasteiger partial charge in [0.15, 0.2) is 0 Å². The van der Waals surface area contributed by atoms with Crippen LogP contribution in [-0.4, -0.2) is 53.4 Å². The number of hydrogen-bond donors (Lipinski definition) is 1. The number of carbonyl (C=O) groups is 1. The molecule has 108 valence electrons. The first-order valence-corrected chi connectivity index (χ1v) is 7.34. The quantitative estimate of drug-likeness (QED) is 0.861. The van der Waals surface area contributed by atoms with E-state index in [0.29, 0.717) is 17.8 Å². The van der Waals surface area contributed by atoms with Gasteiger partial charge in [-0.05, 0) is 51.9 Å². The topological polar surface area (TPSA) is 63.1 Å². The molecule has 1 aromatic heterocycles. The number of nitrogens with zero attached hydrogens (tertiary/aromatic N) is 3. The van der Waals surface area contributed by atoms with E-state index in [2.05, 4.69) is 9.88 Å². The maximum Gasteiger partial charge on any atom is 0.255 e. The van der Waals surface area contributed by atoms with Crippen molar-refractivity contribution in [1.29, 1.82) is 5.26 Å². The van der Waals surface area contributed by atoms with E-state index >= 15 is 0 Å². The van der Waals surface area contributed by atoms with E-state index in [-0.39, 0.29) is 5.91 Å². The van der Waals surface area contributed by atoms with Crippen LogP contribution in [-0.2, 0) is 0 Å². The number of amides is 1. The van der Waals surface area contributed by atoms with E-state index < -0.39 is 0 Å². The molecule has 1 aromatic rings. The van der Waals surface area contributed by atoms with Gasteiger partial charge in [0, 0.05) is 19.3 Å². The van der Waals surface area contributed by atoms with Crippen molar-refractivity contribution in [2.45, 2.75) is 26.2 Å². The maximum atomic E-state index is 12.3. The summed E-state index contributed by atoms with van der Waals surface area (Å²) in [5, 5.41) is 8.78. The van der Waals surface area contributed by atoms with Crippen LogP contribution < -0.4 is 0 Å². The van der Waals surface area contributed by atoms with Gasteiger partial charge < -0.3 is 14.8 Å².